The van der Waals surface area contributed by atoms with Crippen LogP contribution in [0.4, 0.5) is 0 Å². The fraction of sp³-hybridized carbons (Fsp3) is 0.467. The van der Waals surface area contributed by atoms with E-state index in [0.29, 0.717) is 19.4 Å². The van der Waals surface area contributed by atoms with Crippen LogP contribution in [0.15, 0.2) is 24.3 Å². The molecule has 1 aromatic rings. The average molecular weight is 276 g/mol. The highest BCUT2D eigenvalue weighted by Gasteiger charge is 2.27. The van der Waals surface area contributed by atoms with Crippen molar-refractivity contribution in [3.05, 3.63) is 29.8 Å². The molecule has 0 bridgehead atoms. The number of hydrogen-bond acceptors (Lipinski definition) is 3. The summed E-state index contributed by atoms with van der Waals surface area (Å²) in [5.74, 6) is 0.619. The maximum atomic E-state index is 11.8. The maximum Gasteiger partial charge on any atom is 0.242 e. The zero-order valence-electron chi connectivity index (χ0n) is 11.8. The van der Waals surface area contributed by atoms with Gasteiger partial charge in [-0.15, -0.1) is 0 Å². The molecule has 2 atom stereocenters. The molecule has 1 aliphatic rings. The summed E-state index contributed by atoms with van der Waals surface area (Å²) in [7, 11) is 0. The van der Waals surface area contributed by atoms with Crippen molar-refractivity contribution >= 4 is 11.8 Å². The molecule has 5 nitrogen and oxygen atoms in total. The second kappa shape index (κ2) is 6.41. The highest BCUT2D eigenvalue weighted by atomic mass is 16.5. The summed E-state index contributed by atoms with van der Waals surface area (Å²) in [6, 6.07) is 7.37. The standard InChI is InChI=1S/C15H20N2O3/c1-10-5-3-4-6-13(10)20-11(2)9-16-15(19)12-7-8-14(18)17-12/h3-6,11-12H,7-9H2,1-2H3,(H,16,19)(H,17,18)/t11-,12-/m1/s1. The van der Waals surface area contributed by atoms with Gasteiger partial charge in [0.25, 0.3) is 0 Å². The third-order valence-corrected chi connectivity index (χ3v) is 3.30. The summed E-state index contributed by atoms with van der Waals surface area (Å²) in [5, 5.41) is 5.45. The molecule has 2 rings (SSSR count). The highest BCUT2D eigenvalue weighted by Crippen LogP contribution is 2.17. The van der Waals surface area contributed by atoms with Gasteiger partial charge < -0.3 is 15.4 Å². The number of para-hydroxylation sites is 1. The molecule has 0 unspecified atom stereocenters. The third-order valence-electron chi connectivity index (χ3n) is 3.30. The Hall–Kier alpha value is -2.04. The van der Waals surface area contributed by atoms with E-state index in [1.54, 1.807) is 0 Å². The Morgan fingerprint density at radius 3 is 2.90 bits per heavy atom. The van der Waals surface area contributed by atoms with Gasteiger partial charge in [-0.05, 0) is 31.9 Å². The van der Waals surface area contributed by atoms with Crippen molar-refractivity contribution in [1.82, 2.24) is 10.6 Å². The van der Waals surface area contributed by atoms with E-state index in [0.717, 1.165) is 11.3 Å². The molecule has 108 valence electrons. The Balaban J connectivity index is 1.78. The van der Waals surface area contributed by atoms with Crippen molar-refractivity contribution in [3.8, 4) is 5.75 Å². The van der Waals surface area contributed by atoms with Crippen molar-refractivity contribution in [1.29, 1.82) is 0 Å². The van der Waals surface area contributed by atoms with E-state index in [4.69, 9.17) is 4.74 Å². The molecule has 1 aliphatic heterocycles. The van der Waals surface area contributed by atoms with Crippen molar-refractivity contribution in [2.24, 2.45) is 0 Å². The van der Waals surface area contributed by atoms with Gasteiger partial charge in [0.1, 0.15) is 17.9 Å². The normalized spacial score (nSPS) is 19.3. The van der Waals surface area contributed by atoms with Crippen molar-refractivity contribution < 1.29 is 14.3 Å². The van der Waals surface area contributed by atoms with Gasteiger partial charge in [0.15, 0.2) is 0 Å². The number of rotatable bonds is 5. The molecule has 0 saturated carbocycles. The number of nitrogens with one attached hydrogen (secondary N) is 2. The lowest BCUT2D eigenvalue weighted by atomic mass is 10.2. The second-order valence-electron chi connectivity index (χ2n) is 5.10. The topological polar surface area (TPSA) is 67.4 Å². The minimum atomic E-state index is -0.395. The van der Waals surface area contributed by atoms with Crippen LogP contribution in [0.2, 0.25) is 0 Å². The van der Waals surface area contributed by atoms with Crippen LogP contribution in [0.25, 0.3) is 0 Å². The summed E-state index contributed by atoms with van der Waals surface area (Å²) in [6.07, 6.45) is 0.863. The largest absolute Gasteiger partial charge is 0.489 e. The zero-order chi connectivity index (χ0) is 14.5. The molecule has 0 aliphatic carbocycles. The third kappa shape index (κ3) is 3.73. The quantitative estimate of drug-likeness (QED) is 0.848. The molecule has 5 heteroatoms. The first-order valence-electron chi connectivity index (χ1n) is 6.85. The van der Waals surface area contributed by atoms with Crippen LogP contribution < -0.4 is 15.4 Å². The SMILES string of the molecule is Cc1ccccc1O[C@H](C)CNC(=O)[C@H]1CCC(=O)N1. The van der Waals surface area contributed by atoms with Crippen LogP contribution in [0.3, 0.4) is 0 Å². The molecule has 2 amide bonds. The summed E-state index contributed by atoms with van der Waals surface area (Å²) in [4.78, 5) is 22.9. The predicted molar refractivity (Wildman–Crippen MR) is 75.4 cm³/mol. The van der Waals surface area contributed by atoms with Gasteiger partial charge in [0, 0.05) is 6.42 Å². The number of amides is 2. The van der Waals surface area contributed by atoms with E-state index in [9.17, 15) is 9.59 Å². The number of carbonyl (C=O) groups excluding carboxylic acids is 2. The Labute approximate surface area is 118 Å². The minimum Gasteiger partial charge on any atom is -0.489 e. The number of benzene rings is 1. The van der Waals surface area contributed by atoms with Gasteiger partial charge in [-0.25, -0.2) is 0 Å². The summed E-state index contributed by atoms with van der Waals surface area (Å²) in [5.41, 5.74) is 1.06. The predicted octanol–water partition coefficient (Wildman–Crippen LogP) is 1.16. The van der Waals surface area contributed by atoms with Gasteiger partial charge in [-0.3, -0.25) is 9.59 Å². The van der Waals surface area contributed by atoms with E-state index in [1.165, 1.54) is 0 Å². The van der Waals surface area contributed by atoms with Crippen molar-refractivity contribution in [2.45, 2.75) is 38.8 Å². The summed E-state index contributed by atoms with van der Waals surface area (Å²) < 4.78 is 5.78. The molecule has 0 aromatic heterocycles. The Kier molecular flexibility index (Phi) is 4.61. The van der Waals surface area contributed by atoms with Crippen LogP contribution in [-0.4, -0.2) is 30.5 Å². The number of aryl methyl sites for hydroxylation is 1. The molecular weight excluding hydrogens is 256 g/mol. The Morgan fingerprint density at radius 1 is 1.50 bits per heavy atom. The van der Waals surface area contributed by atoms with Gasteiger partial charge in [-0.1, -0.05) is 18.2 Å². The average Bonchev–Trinajstić information content (AvgIpc) is 2.85. The van der Waals surface area contributed by atoms with Crippen molar-refractivity contribution in [2.75, 3.05) is 6.54 Å². The van der Waals surface area contributed by atoms with Crippen LogP contribution in [0.5, 0.6) is 5.75 Å². The lowest BCUT2D eigenvalue weighted by Gasteiger charge is -2.18. The van der Waals surface area contributed by atoms with Crippen LogP contribution in [0.1, 0.15) is 25.3 Å². The van der Waals surface area contributed by atoms with Crippen LogP contribution >= 0.6 is 0 Å². The fourth-order valence-electron chi connectivity index (χ4n) is 2.13. The molecule has 1 fully saturated rings. The summed E-state index contributed by atoms with van der Waals surface area (Å²) >= 11 is 0. The fourth-order valence-corrected chi connectivity index (χ4v) is 2.13. The molecule has 1 saturated heterocycles. The second-order valence-corrected chi connectivity index (χ2v) is 5.10. The smallest absolute Gasteiger partial charge is 0.242 e. The molecule has 0 radical (unpaired) electrons. The maximum absolute atomic E-state index is 11.8. The van der Waals surface area contributed by atoms with Crippen LogP contribution in [0, 0.1) is 6.92 Å². The number of ether oxygens (including phenoxy) is 1. The monoisotopic (exact) mass is 276 g/mol. The molecule has 20 heavy (non-hydrogen) atoms. The molecule has 0 spiro atoms. The van der Waals surface area contributed by atoms with E-state index >= 15 is 0 Å². The molecule has 1 heterocycles. The van der Waals surface area contributed by atoms with E-state index in [1.807, 2.05) is 38.1 Å². The summed E-state index contributed by atoms with van der Waals surface area (Å²) in [6.45, 7) is 4.30. The zero-order valence-corrected chi connectivity index (χ0v) is 11.8. The van der Waals surface area contributed by atoms with Crippen molar-refractivity contribution in [3.63, 3.8) is 0 Å². The van der Waals surface area contributed by atoms with E-state index < -0.39 is 6.04 Å². The van der Waals surface area contributed by atoms with E-state index in [2.05, 4.69) is 10.6 Å². The molecule has 1 aromatic carbocycles. The minimum absolute atomic E-state index is 0.0608. The number of carbonyl (C=O) groups is 2. The molecular formula is C15H20N2O3. The number of hydrogen-bond donors (Lipinski definition) is 2. The Morgan fingerprint density at radius 2 is 2.25 bits per heavy atom. The van der Waals surface area contributed by atoms with Gasteiger partial charge in [0.05, 0.1) is 6.54 Å². The van der Waals surface area contributed by atoms with Crippen LogP contribution in [-0.2, 0) is 9.59 Å². The lowest BCUT2D eigenvalue weighted by molar-refractivity contribution is -0.126. The van der Waals surface area contributed by atoms with E-state index in [-0.39, 0.29) is 17.9 Å². The first kappa shape index (κ1) is 14.4. The van der Waals surface area contributed by atoms with Gasteiger partial charge >= 0.3 is 0 Å². The first-order chi connectivity index (χ1) is 9.56. The van der Waals surface area contributed by atoms with Gasteiger partial charge in [-0.2, -0.15) is 0 Å². The first-order valence-corrected chi connectivity index (χ1v) is 6.85. The molecule has 2 N–H and O–H groups in total. The Bertz CT molecular complexity index is 502. The lowest BCUT2D eigenvalue weighted by Crippen LogP contribution is -2.44. The highest BCUT2D eigenvalue weighted by molar-refractivity contribution is 5.90. The van der Waals surface area contributed by atoms with Gasteiger partial charge in [0.2, 0.25) is 11.8 Å².